The van der Waals surface area contributed by atoms with Crippen LogP contribution in [0.5, 0.6) is 0 Å². The first-order valence-electron chi connectivity index (χ1n) is 13.6. The first-order chi connectivity index (χ1) is 15.1. The van der Waals surface area contributed by atoms with Crippen molar-refractivity contribution in [1.82, 2.24) is 0 Å². The molecule has 0 aromatic carbocycles. The molecule has 0 aromatic rings. The molecule has 3 fully saturated rings. The number of aliphatic hydroxyl groups is 1. The maximum Gasteiger partial charge on any atom is 0.302 e. The molecule has 3 nitrogen and oxygen atoms in total. The molecule has 3 saturated carbocycles. The Labute approximate surface area is 196 Å². The van der Waals surface area contributed by atoms with Crippen molar-refractivity contribution in [2.45, 2.75) is 118 Å². The fourth-order valence-corrected chi connectivity index (χ4v) is 8.98. The van der Waals surface area contributed by atoms with Crippen molar-refractivity contribution in [1.29, 1.82) is 0 Å². The van der Waals surface area contributed by atoms with Gasteiger partial charge in [0.15, 0.2) is 0 Å². The predicted molar refractivity (Wildman–Crippen MR) is 130 cm³/mol. The summed E-state index contributed by atoms with van der Waals surface area (Å²) in [5, 5.41) is 11.4. The standard InChI is InChI=1S/C29H48O3/c1-18(2)8-7-9-19(3)23-10-11-24-27-25(13-15-29(23,24)6)28(5)14-12-22(32-20(4)30)16-21(28)17-26(27)31/h17-19,22-27,31H,7-16H2,1-6H3/t19-,22-,23-,24+,25+,26+,27+,28-,29-/m0/s1. The molecule has 0 saturated heterocycles. The number of carbonyl (C=O) groups excluding carboxylic acids is 1. The van der Waals surface area contributed by atoms with Gasteiger partial charge in [0.1, 0.15) is 6.10 Å². The first kappa shape index (κ1) is 24.3. The molecule has 0 unspecified atom stereocenters. The summed E-state index contributed by atoms with van der Waals surface area (Å²) in [6.45, 7) is 13.7. The van der Waals surface area contributed by atoms with Gasteiger partial charge in [-0.25, -0.2) is 0 Å². The molecular weight excluding hydrogens is 396 g/mol. The normalized spacial score (nSPS) is 44.3. The van der Waals surface area contributed by atoms with E-state index in [0.29, 0.717) is 23.2 Å². The number of carbonyl (C=O) groups is 1. The number of hydrogen-bond acceptors (Lipinski definition) is 3. The molecule has 32 heavy (non-hydrogen) atoms. The fraction of sp³-hybridized carbons (Fsp3) is 0.897. The summed E-state index contributed by atoms with van der Waals surface area (Å²) in [6, 6.07) is 0. The molecule has 0 radical (unpaired) electrons. The summed E-state index contributed by atoms with van der Waals surface area (Å²) < 4.78 is 5.57. The minimum atomic E-state index is -0.334. The van der Waals surface area contributed by atoms with Gasteiger partial charge in [-0.3, -0.25) is 4.79 Å². The number of esters is 1. The van der Waals surface area contributed by atoms with Crippen molar-refractivity contribution in [3.05, 3.63) is 11.6 Å². The predicted octanol–water partition coefficient (Wildman–Crippen LogP) is 6.93. The fourth-order valence-electron chi connectivity index (χ4n) is 8.98. The highest BCUT2D eigenvalue weighted by Crippen LogP contribution is 2.67. The van der Waals surface area contributed by atoms with E-state index in [0.717, 1.165) is 37.0 Å². The van der Waals surface area contributed by atoms with Crippen LogP contribution in [-0.4, -0.2) is 23.3 Å². The molecule has 1 N–H and O–H groups in total. The van der Waals surface area contributed by atoms with Gasteiger partial charge in [0.05, 0.1) is 6.10 Å². The summed E-state index contributed by atoms with van der Waals surface area (Å²) >= 11 is 0. The average Bonchev–Trinajstić information content (AvgIpc) is 3.05. The molecule has 0 spiro atoms. The molecule has 4 aliphatic rings. The van der Waals surface area contributed by atoms with Crippen molar-refractivity contribution in [3.63, 3.8) is 0 Å². The summed E-state index contributed by atoms with van der Waals surface area (Å²) in [7, 11) is 0. The Morgan fingerprint density at radius 3 is 2.53 bits per heavy atom. The van der Waals surface area contributed by atoms with Crippen LogP contribution in [0.4, 0.5) is 0 Å². The zero-order chi connectivity index (χ0) is 23.3. The van der Waals surface area contributed by atoms with Gasteiger partial charge in [0.25, 0.3) is 0 Å². The summed E-state index contributed by atoms with van der Waals surface area (Å²) in [5.74, 6) is 3.85. The Bertz CT molecular complexity index is 726. The Morgan fingerprint density at radius 1 is 1.09 bits per heavy atom. The van der Waals surface area contributed by atoms with Crippen molar-refractivity contribution >= 4 is 5.97 Å². The third kappa shape index (κ3) is 4.21. The maximum atomic E-state index is 11.5. The van der Waals surface area contributed by atoms with Gasteiger partial charge in [-0.1, -0.05) is 65.5 Å². The second-order valence-corrected chi connectivity index (χ2v) is 12.9. The van der Waals surface area contributed by atoms with E-state index < -0.39 is 0 Å². The largest absolute Gasteiger partial charge is 0.462 e. The highest BCUT2D eigenvalue weighted by molar-refractivity contribution is 5.66. The van der Waals surface area contributed by atoms with Crippen LogP contribution in [-0.2, 0) is 9.53 Å². The van der Waals surface area contributed by atoms with E-state index in [1.54, 1.807) is 0 Å². The van der Waals surface area contributed by atoms with Crippen LogP contribution in [0.25, 0.3) is 0 Å². The highest BCUT2D eigenvalue weighted by Gasteiger charge is 2.61. The van der Waals surface area contributed by atoms with Crippen LogP contribution in [0.2, 0.25) is 0 Å². The zero-order valence-corrected chi connectivity index (χ0v) is 21.5. The van der Waals surface area contributed by atoms with Gasteiger partial charge in [-0.2, -0.15) is 0 Å². The molecule has 3 heteroatoms. The molecule has 0 amide bonds. The second-order valence-electron chi connectivity index (χ2n) is 12.9. The van der Waals surface area contributed by atoms with E-state index in [4.69, 9.17) is 4.74 Å². The van der Waals surface area contributed by atoms with Crippen LogP contribution in [0.3, 0.4) is 0 Å². The molecule has 0 aliphatic heterocycles. The third-order valence-electron chi connectivity index (χ3n) is 10.6. The van der Waals surface area contributed by atoms with E-state index >= 15 is 0 Å². The van der Waals surface area contributed by atoms with Crippen LogP contribution < -0.4 is 0 Å². The van der Waals surface area contributed by atoms with E-state index in [-0.39, 0.29) is 23.6 Å². The van der Waals surface area contributed by atoms with Gasteiger partial charge >= 0.3 is 5.97 Å². The van der Waals surface area contributed by atoms with E-state index in [1.807, 2.05) is 0 Å². The Kier molecular flexibility index (Phi) is 6.90. The highest BCUT2D eigenvalue weighted by atomic mass is 16.5. The topological polar surface area (TPSA) is 46.5 Å². The zero-order valence-electron chi connectivity index (χ0n) is 21.5. The average molecular weight is 445 g/mol. The summed E-state index contributed by atoms with van der Waals surface area (Å²) in [5.41, 5.74) is 1.92. The lowest BCUT2D eigenvalue weighted by molar-refractivity contribution is -0.149. The van der Waals surface area contributed by atoms with Crippen LogP contribution in [0.1, 0.15) is 106 Å². The molecule has 4 aliphatic carbocycles. The van der Waals surface area contributed by atoms with Crippen molar-refractivity contribution in [2.75, 3.05) is 0 Å². The Hall–Kier alpha value is -0.830. The van der Waals surface area contributed by atoms with Crippen molar-refractivity contribution in [3.8, 4) is 0 Å². The summed E-state index contributed by atoms with van der Waals surface area (Å²) in [6.07, 6.45) is 14.0. The van der Waals surface area contributed by atoms with Gasteiger partial charge in [0, 0.05) is 13.3 Å². The van der Waals surface area contributed by atoms with Crippen LogP contribution in [0, 0.1) is 46.3 Å². The molecule has 182 valence electrons. The lowest BCUT2D eigenvalue weighted by Gasteiger charge is -2.59. The molecular formula is C29H48O3. The van der Waals surface area contributed by atoms with E-state index in [1.165, 1.54) is 57.4 Å². The number of hydrogen-bond donors (Lipinski definition) is 1. The van der Waals surface area contributed by atoms with Crippen LogP contribution in [0.15, 0.2) is 11.6 Å². The lowest BCUT2D eigenvalue weighted by atomic mass is 9.46. The van der Waals surface area contributed by atoms with Gasteiger partial charge < -0.3 is 9.84 Å². The Balaban J connectivity index is 1.51. The van der Waals surface area contributed by atoms with Crippen LogP contribution >= 0.6 is 0 Å². The van der Waals surface area contributed by atoms with E-state index in [2.05, 4.69) is 40.7 Å². The number of fused-ring (bicyclic) bond motifs is 5. The van der Waals surface area contributed by atoms with Crippen molar-refractivity contribution < 1.29 is 14.6 Å². The SMILES string of the molecule is CC(=O)O[C@H]1CC[C@@]2(C)C(=C[C@@H](O)[C@@H]3[C@H]4CC[C@@H]([C@@H](C)CCCC(C)C)[C@]4(C)CC[C@H]32)C1. The van der Waals surface area contributed by atoms with Gasteiger partial charge in [-0.15, -0.1) is 0 Å². The van der Waals surface area contributed by atoms with E-state index in [9.17, 15) is 9.90 Å². The minimum absolute atomic E-state index is 0.00742. The smallest absolute Gasteiger partial charge is 0.302 e. The second kappa shape index (κ2) is 9.08. The van der Waals surface area contributed by atoms with Crippen molar-refractivity contribution in [2.24, 2.45) is 46.3 Å². The summed E-state index contributed by atoms with van der Waals surface area (Å²) in [4.78, 5) is 11.5. The van der Waals surface area contributed by atoms with Gasteiger partial charge in [-0.05, 0) is 84.9 Å². The quantitative estimate of drug-likeness (QED) is 0.357. The maximum absolute atomic E-state index is 11.5. The molecule has 0 aromatic heterocycles. The third-order valence-corrected chi connectivity index (χ3v) is 10.6. The Morgan fingerprint density at radius 2 is 1.84 bits per heavy atom. The van der Waals surface area contributed by atoms with Gasteiger partial charge in [0.2, 0.25) is 0 Å². The molecule has 9 atom stereocenters. The lowest BCUT2D eigenvalue weighted by Crippen LogP contribution is -2.55. The monoisotopic (exact) mass is 444 g/mol. The molecule has 4 rings (SSSR count). The number of ether oxygens (including phenoxy) is 1. The molecule has 0 bridgehead atoms. The number of aliphatic hydroxyl groups excluding tert-OH is 1. The molecule has 0 heterocycles. The minimum Gasteiger partial charge on any atom is -0.462 e. The first-order valence-corrected chi connectivity index (χ1v) is 13.6. The number of rotatable bonds is 6.